The van der Waals surface area contributed by atoms with E-state index in [2.05, 4.69) is 27.8 Å². The molecule has 0 aromatic heterocycles. The maximum absolute atomic E-state index is 13.3. The molecule has 4 nitrogen and oxygen atoms in total. The van der Waals surface area contributed by atoms with Crippen molar-refractivity contribution >= 4 is 29.9 Å². The number of ether oxygens (including phenoxy) is 1. The van der Waals surface area contributed by atoms with Crippen molar-refractivity contribution in [2.45, 2.75) is 24.8 Å². The Kier molecular flexibility index (Phi) is 7.25. The molecule has 6 heteroatoms. The maximum Gasteiger partial charge on any atom is 0.191 e. The smallest absolute Gasteiger partial charge is 0.191 e. The van der Waals surface area contributed by atoms with Gasteiger partial charge in [0.25, 0.3) is 0 Å². The average molecular weight is 469 g/mol. The van der Waals surface area contributed by atoms with Crippen LogP contribution in [0.2, 0.25) is 0 Å². The number of guanidine groups is 1. The van der Waals surface area contributed by atoms with E-state index in [1.807, 2.05) is 18.2 Å². The summed E-state index contributed by atoms with van der Waals surface area (Å²) in [6.07, 6.45) is 2.25. The largest absolute Gasteiger partial charge is 0.496 e. The normalized spacial score (nSPS) is 15.0. The molecule has 1 aliphatic carbocycles. The summed E-state index contributed by atoms with van der Waals surface area (Å²) >= 11 is 0. The number of methoxy groups -OCH3 is 1. The van der Waals surface area contributed by atoms with E-state index in [1.54, 1.807) is 20.2 Å². The van der Waals surface area contributed by atoms with Gasteiger partial charge in [-0.05, 0) is 36.6 Å². The highest BCUT2D eigenvalue weighted by molar-refractivity contribution is 14.0. The summed E-state index contributed by atoms with van der Waals surface area (Å²) < 4.78 is 18.8. The van der Waals surface area contributed by atoms with E-state index < -0.39 is 0 Å². The molecule has 2 aromatic rings. The zero-order chi connectivity index (χ0) is 17.7. The number of para-hydroxylation sites is 1. The highest BCUT2D eigenvalue weighted by Gasteiger charge is 2.46. The second kappa shape index (κ2) is 9.21. The zero-order valence-corrected chi connectivity index (χ0v) is 17.4. The minimum atomic E-state index is -0.227. The van der Waals surface area contributed by atoms with Gasteiger partial charge >= 0.3 is 0 Å². The van der Waals surface area contributed by atoms with E-state index in [0.29, 0.717) is 12.5 Å². The minimum absolute atomic E-state index is 0. The first kappa shape index (κ1) is 20.5. The van der Waals surface area contributed by atoms with E-state index in [1.165, 1.54) is 17.7 Å². The fourth-order valence-electron chi connectivity index (χ4n) is 3.08. The van der Waals surface area contributed by atoms with Gasteiger partial charge in [0.2, 0.25) is 0 Å². The van der Waals surface area contributed by atoms with Crippen LogP contribution < -0.4 is 15.4 Å². The fraction of sp³-hybridized carbons (Fsp3) is 0.350. The quantitative estimate of drug-likeness (QED) is 0.384. The minimum Gasteiger partial charge on any atom is -0.496 e. The lowest BCUT2D eigenvalue weighted by Crippen LogP contribution is -2.41. The van der Waals surface area contributed by atoms with E-state index >= 15 is 0 Å². The van der Waals surface area contributed by atoms with Gasteiger partial charge in [-0.1, -0.05) is 30.3 Å². The summed E-state index contributed by atoms with van der Waals surface area (Å²) in [5.74, 6) is 1.42. The summed E-state index contributed by atoms with van der Waals surface area (Å²) in [4.78, 5) is 4.26. The molecule has 0 radical (unpaired) electrons. The van der Waals surface area contributed by atoms with E-state index in [4.69, 9.17) is 4.74 Å². The van der Waals surface area contributed by atoms with Crippen molar-refractivity contribution in [2.75, 3.05) is 20.7 Å². The first-order valence-electron chi connectivity index (χ1n) is 8.49. The summed E-state index contributed by atoms with van der Waals surface area (Å²) in [5, 5.41) is 6.63. The highest BCUT2D eigenvalue weighted by atomic mass is 127. The van der Waals surface area contributed by atoms with Crippen molar-refractivity contribution in [2.24, 2.45) is 4.99 Å². The first-order chi connectivity index (χ1) is 12.2. The Morgan fingerprint density at radius 3 is 2.58 bits per heavy atom. The van der Waals surface area contributed by atoms with Crippen LogP contribution >= 0.6 is 24.0 Å². The van der Waals surface area contributed by atoms with Gasteiger partial charge in [-0.2, -0.15) is 0 Å². The van der Waals surface area contributed by atoms with Crippen LogP contribution in [0.5, 0.6) is 5.75 Å². The zero-order valence-electron chi connectivity index (χ0n) is 15.1. The third kappa shape index (κ3) is 4.87. The lowest BCUT2D eigenvalue weighted by Gasteiger charge is -2.21. The van der Waals surface area contributed by atoms with Gasteiger partial charge in [0, 0.05) is 31.1 Å². The predicted molar refractivity (Wildman–Crippen MR) is 114 cm³/mol. The van der Waals surface area contributed by atoms with Gasteiger partial charge in [0.15, 0.2) is 5.96 Å². The van der Waals surface area contributed by atoms with Crippen molar-refractivity contribution < 1.29 is 9.13 Å². The third-order valence-corrected chi connectivity index (χ3v) is 4.70. The molecular formula is C20H25FIN3O. The molecule has 0 heterocycles. The molecule has 1 aliphatic rings. The van der Waals surface area contributed by atoms with E-state index in [-0.39, 0.29) is 35.2 Å². The Hall–Kier alpha value is -1.83. The molecular weight excluding hydrogens is 444 g/mol. The standard InChI is InChI=1S/C20H24FN3O.HI/c1-22-19(23-13-15-6-5-7-16(21)12-15)24-14-20(10-11-20)17-8-3-4-9-18(17)25-2;/h3-9,12H,10-11,13-14H2,1-2H3,(H2,22,23,24);1H. The lowest BCUT2D eigenvalue weighted by atomic mass is 9.95. The van der Waals surface area contributed by atoms with Crippen molar-refractivity contribution in [3.63, 3.8) is 0 Å². The van der Waals surface area contributed by atoms with Crippen LogP contribution in [0.1, 0.15) is 24.0 Å². The molecule has 2 N–H and O–H groups in total. The van der Waals surface area contributed by atoms with Crippen LogP contribution in [0.25, 0.3) is 0 Å². The molecule has 1 saturated carbocycles. The molecule has 0 spiro atoms. The second-order valence-electron chi connectivity index (χ2n) is 6.39. The Morgan fingerprint density at radius 1 is 1.15 bits per heavy atom. The number of aliphatic imine (C=N–C) groups is 1. The Labute approximate surface area is 171 Å². The monoisotopic (exact) mass is 469 g/mol. The number of nitrogens with one attached hydrogen (secondary N) is 2. The fourth-order valence-corrected chi connectivity index (χ4v) is 3.08. The van der Waals surface area contributed by atoms with Gasteiger partial charge in [-0.25, -0.2) is 4.39 Å². The summed E-state index contributed by atoms with van der Waals surface area (Å²) in [6, 6.07) is 14.8. The van der Waals surface area contributed by atoms with Crippen molar-refractivity contribution in [3.05, 3.63) is 65.5 Å². The second-order valence-corrected chi connectivity index (χ2v) is 6.39. The number of hydrogen-bond donors (Lipinski definition) is 2. The highest BCUT2D eigenvalue weighted by Crippen LogP contribution is 2.50. The number of nitrogens with zero attached hydrogens (tertiary/aromatic N) is 1. The van der Waals surface area contributed by atoms with Crippen LogP contribution in [0.15, 0.2) is 53.5 Å². The van der Waals surface area contributed by atoms with Crippen LogP contribution in [0, 0.1) is 5.82 Å². The van der Waals surface area contributed by atoms with Crippen molar-refractivity contribution in [1.82, 2.24) is 10.6 Å². The molecule has 0 amide bonds. The summed E-state index contributed by atoms with van der Waals surface area (Å²) in [6.45, 7) is 1.31. The van der Waals surface area contributed by atoms with Crippen LogP contribution in [0.4, 0.5) is 4.39 Å². The molecule has 26 heavy (non-hydrogen) atoms. The van der Waals surface area contributed by atoms with E-state index in [9.17, 15) is 4.39 Å². The molecule has 2 aromatic carbocycles. The van der Waals surface area contributed by atoms with Gasteiger partial charge in [0.05, 0.1) is 7.11 Å². The van der Waals surface area contributed by atoms with Gasteiger partial charge in [-0.3, -0.25) is 4.99 Å². The number of rotatable bonds is 6. The third-order valence-electron chi connectivity index (χ3n) is 4.70. The molecule has 0 unspecified atom stereocenters. The van der Waals surface area contributed by atoms with Gasteiger partial charge in [-0.15, -0.1) is 24.0 Å². The molecule has 0 atom stereocenters. The van der Waals surface area contributed by atoms with Crippen molar-refractivity contribution in [1.29, 1.82) is 0 Å². The lowest BCUT2D eigenvalue weighted by molar-refractivity contribution is 0.403. The maximum atomic E-state index is 13.3. The molecule has 0 bridgehead atoms. The SMILES string of the molecule is CN=C(NCc1cccc(F)c1)NCC1(c2ccccc2OC)CC1.I. The molecule has 0 aliphatic heterocycles. The number of halogens is 2. The van der Waals surface area contributed by atoms with Crippen LogP contribution in [0.3, 0.4) is 0 Å². The Balaban J connectivity index is 0.00000243. The summed E-state index contributed by atoms with van der Waals surface area (Å²) in [7, 11) is 3.45. The molecule has 140 valence electrons. The van der Waals surface area contributed by atoms with Crippen LogP contribution in [-0.4, -0.2) is 26.7 Å². The Morgan fingerprint density at radius 2 is 1.92 bits per heavy atom. The van der Waals surface area contributed by atoms with Crippen molar-refractivity contribution in [3.8, 4) is 5.75 Å². The number of hydrogen-bond acceptors (Lipinski definition) is 2. The van der Waals surface area contributed by atoms with Gasteiger partial charge in [0.1, 0.15) is 11.6 Å². The van der Waals surface area contributed by atoms with Gasteiger partial charge < -0.3 is 15.4 Å². The predicted octanol–water partition coefficient (Wildman–Crippen LogP) is 3.85. The molecule has 0 saturated heterocycles. The molecule has 1 fully saturated rings. The topological polar surface area (TPSA) is 45.7 Å². The first-order valence-corrected chi connectivity index (χ1v) is 8.49. The average Bonchev–Trinajstić information content (AvgIpc) is 3.43. The van der Waals surface area contributed by atoms with E-state index in [0.717, 1.165) is 30.7 Å². The number of benzene rings is 2. The summed E-state index contributed by atoms with van der Waals surface area (Å²) in [5.41, 5.74) is 2.22. The van der Waals surface area contributed by atoms with Crippen LogP contribution in [-0.2, 0) is 12.0 Å². The molecule has 3 rings (SSSR count). The Bertz CT molecular complexity index is 762.